The molecule has 30 heavy (non-hydrogen) atoms. The van der Waals surface area contributed by atoms with Gasteiger partial charge < -0.3 is 9.88 Å². The summed E-state index contributed by atoms with van der Waals surface area (Å²) < 4.78 is 28.9. The van der Waals surface area contributed by atoms with E-state index in [0.717, 1.165) is 35.2 Å². The third-order valence-corrected chi connectivity index (χ3v) is 7.44. The molecule has 0 bridgehead atoms. The van der Waals surface area contributed by atoms with E-state index >= 15 is 0 Å². The Morgan fingerprint density at radius 2 is 1.83 bits per heavy atom. The van der Waals surface area contributed by atoms with Gasteiger partial charge in [-0.3, -0.25) is 10.2 Å². The Morgan fingerprint density at radius 3 is 2.47 bits per heavy atom. The first-order chi connectivity index (χ1) is 14.3. The van der Waals surface area contributed by atoms with Crippen LogP contribution in [0.25, 0.3) is 0 Å². The molecule has 1 fully saturated rings. The van der Waals surface area contributed by atoms with Gasteiger partial charge in [-0.05, 0) is 50.8 Å². The van der Waals surface area contributed by atoms with Gasteiger partial charge in [0.15, 0.2) is 0 Å². The number of nitrogens with one attached hydrogen (secondary N) is 2. The molecule has 7 nitrogen and oxygen atoms in total. The summed E-state index contributed by atoms with van der Waals surface area (Å²) >= 11 is 0. The largest absolute Gasteiger partial charge is 0.352 e. The minimum Gasteiger partial charge on any atom is -0.352 e. The number of carbonyl (C=O) groups is 1. The molecule has 1 aromatic carbocycles. The first kappa shape index (κ1) is 22.1. The van der Waals surface area contributed by atoms with Crippen LogP contribution in [0.5, 0.6) is 0 Å². The number of allylic oxidation sites excluding steroid dienone is 1. The van der Waals surface area contributed by atoms with Gasteiger partial charge in [-0.1, -0.05) is 37.5 Å². The molecule has 0 atom stereocenters. The Balaban J connectivity index is 1.70. The minimum absolute atomic E-state index is 0.00645. The van der Waals surface area contributed by atoms with Gasteiger partial charge in [-0.2, -0.15) is 0 Å². The minimum atomic E-state index is -3.82. The maximum absolute atomic E-state index is 13.0. The molecule has 1 heterocycles. The van der Waals surface area contributed by atoms with Gasteiger partial charge in [0.25, 0.3) is 10.0 Å². The highest BCUT2D eigenvalue weighted by Gasteiger charge is 2.22. The van der Waals surface area contributed by atoms with Crippen molar-refractivity contribution in [2.24, 2.45) is 0 Å². The molecule has 2 N–H and O–H groups in total. The van der Waals surface area contributed by atoms with Gasteiger partial charge in [-0.15, -0.1) is 0 Å². The van der Waals surface area contributed by atoms with Crippen molar-refractivity contribution in [1.82, 2.24) is 13.9 Å². The fourth-order valence-corrected chi connectivity index (χ4v) is 5.01. The van der Waals surface area contributed by atoms with Crippen LogP contribution in [0, 0.1) is 5.41 Å². The van der Waals surface area contributed by atoms with E-state index in [-0.39, 0.29) is 22.5 Å². The highest BCUT2D eigenvalue weighted by Crippen LogP contribution is 2.27. The second-order valence-corrected chi connectivity index (χ2v) is 9.56. The van der Waals surface area contributed by atoms with Crippen molar-refractivity contribution < 1.29 is 13.2 Å². The van der Waals surface area contributed by atoms with Crippen LogP contribution in [-0.4, -0.2) is 29.4 Å². The third kappa shape index (κ3) is 4.75. The molecule has 0 unspecified atom stereocenters. The number of carbonyl (C=O) groups excluding carboxylic acids is 1. The molecule has 162 valence electrons. The van der Waals surface area contributed by atoms with Crippen molar-refractivity contribution in [3.63, 3.8) is 0 Å². The summed E-state index contributed by atoms with van der Waals surface area (Å²) in [6, 6.07) is 6.84. The van der Waals surface area contributed by atoms with E-state index in [0.29, 0.717) is 18.5 Å². The SMILES string of the molecule is CC=C(C)C(=O)NCCc1ccc(S(=O)(=O)n2ccn(C3CCCCC3)c2=N)cc1. The molecule has 0 radical (unpaired) electrons. The van der Waals surface area contributed by atoms with Crippen molar-refractivity contribution in [1.29, 1.82) is 5.41 Å². The zero-order valence-electron chi connectivity index (χ0n) is 17.6. The summed E-state index contributed by atoms with van der Waals surface area (Å²) in [6.45, 7) is 4.05. The van der Waals surface area contributed by atoms with Crippen LogP contribution in [0.15, 0.2) is 53.2 Å². The maximum Gasteiger partial charge on any atom is 0.270 e. The molecule has 2 aromatic rings. The molecule has 0 spiro atoms. The van der Waals surface area contributed by atoms with Crippen molar-refractivity contribution in [3.05, 3.63) is 59.5 Å². The number of amides is 1. The van der Waals surface area contributed by atoms with E-state index in [2.05, 4.69) is 5.32 Å². The van der Waals surface area contributed by atoms with Crippen LogP contribution in [0.1, 0.15) is 57.6 Å². The first-order valence-corrected chi connectivity index (χ1v) is 11.9. The van der Waals surface area contributed by atoms with E-state index in [1.54, 1.807) is 48.0 Å². The Bertz CT molecular complexity index is 1070. The Labute approximate surface area is 178 Å². The van der Waals surface area contributed by atoms with Gasteiger partial charge in [0.05, 0.1) is 4.90 Å². The monoisotopic (exact) mass is 430 g/mol. The summed E-state index contributed by atoms with van der Waals surface area (Å²) in [5, 5.41) is 11.2. The predicted octanol–water partition coefficient (Wildman–Crippen LogP) is 3.14. The highest BCUT2D eigenvalue weighted by atomic mass is 32.2. The summed E-state index contributed by atoms with van der Waals surface area (Å²) in [6.07, 6.45) is 11.0. The molecular formula is C22H30N4O3S. The van der Waals surface area contributed by atoms with Crippen LogP contribution in [-0.2, 0) is 21.2 Å². The quantitative estimate of drug-likeness (QED) is 0.661. The van der Waals surface area contributed by atoms with E-state index < -0.39 is 10.0 Å². The molecule has 3 rings (SSSR count). The molecule has 1 amide bonds. The van der Waals surface area contributed by atoms with Crippen LogP contribution in [0.2, 0.25) is 0 Å². The van der Waals surface area contributed by atoms with Crippen LogP contribution in [0.4, 0.5) is 0 Å². The second kappa shape index (κ2) is 9.47. The highest BCUT2D eigenvalue weighted by molar-refractivity contribution is 7.90. The lowest BCUT2D eigenvalue weighted by Crippen LogP contribution is -2.32. The van der Waals surface area contributed by atoms with Gasteiger partial charge in [0.2, 0.25) is 11.5 Å². The Morgan fingerprint density at radius 1 is 1.17 bits per heavy atom. The number of benzene rings is 1. The van der Waals surface area contributed by atoms with Gasteiger partial charge in [0, 0.05) is 30.6 Å². The lowest BCUT2D eigenvalue weighted by atomic mass is 9.95. The molecule has 1 aromatic heterocycles. The molecular weight excluding hydrogens is 400 g/mol. The zero-order valence-corrected chi connectivity index (χ0v) is 18.4. The Kier molecular flexibility index (Phi) is 6.97. The van der Waals surface area contributed by atoms with Crippen molar-refractivity contribution >= 4 is 15.9 Å². The fraction of sp³-hybridized carbons (Fsp3) is 0.455. The van der Waals surface area contributed by atoms with E-state index in [9.17, 15) is 13.2 Å². The average Bonchev–Trinajstić information content (AvgIpc) is 3.16. The summed E-state index contributed by atoms with van der Waals surface area (Å²) in [4.78, 5) is 11.9. The van der Waals surface area contributed by atoms with E-state index in [1.165, 1.54) is 12.6 Å². The lowest BCUT2D eigenvalue weighted by Gasteiger charge is -2.22. The number of rotatable bonds is 7. The number of hydrogen-bond donors (Lipinski definition) is 2. The van der Waals surface area contributed by atoms with Crippen molar-refractivity contribution in [2.45, 2.75) is 63.3 Å². The predicted molar refractivity (Wildman–Crippen MR) is 116 cm³/mol. The number of hydrogen-bond acceptors (Lipinski definition) is 4. The summed E-state index contributed by atoms with van der Waals surface area (Å²) in [5.41, 5.74) is 1.59. The smallest absolute Gasteiger partial charge is 0.270 e. The standard InChI is InChI=1S/C22H30N4O3S/c1-3-17(2)21(27)24-14-13-18-9-11-20(12-10-18)30(28,29)26-16-15-25(22(26)23)19-7-5-4-6-8-19/h3,9-12,15-16,19,23H,4-8,13-14H2,1-2H3,(H,24,27). The maximum atomic E-state index is 13.0. The topological polar surface area (TPSA) is 96.9 Å². The molecule has 1 saturated carbocycles. The van der Waals surface area contributed by atoms with E-state index in [4.69, 9.17) is 5.41 Å². The first-order valence-electron chi connectivity index (χ1n) is 10.4. The zero-order chi connectivity index (χ0) is 21.7. The molecule has 0 aliphatic heterocycles. The van der Waals surface area contributed by atoms with Crippen molar-refractivity contribution in [2.75, 3.05) is 6.54 Å². The van der Waals surface area contributed by atoms with Crippen molar-refractivity contribution in [3.8, 4) is 0 Å². The number of aromatic nitrogens is 2. The van der Waals surface area contributed by atoms with Crippen LogP contribution < -0.4 is 10.9 Å². The number of nitrogens with zero attached hydrogens (tertiary/aromatic N) is 2. The van der Waals surface area contributed by atoms with Gasteiger partial charge in [-0.25, -0.2) is 12.4 Å². The van der Waals surface area contributed by atoms with Gasteiger partial charge in [0.1, 0.15) is 0 Å². The lowest BCUT2D eigenvalue weighted by molar-refractivity contribution is -0.117. The van der Waals surface area contributed by atoms with Crippen LogP contribution in [0.3, 0.4) is 0 Å². The number of imidazole rings is 1. The third-order valence-electron chi connectivity index (χ3n) is 5.75. The second-order valence-electron chi connectivity index (χ2n) is 7.74. The normalized spacial score (nSPS) is 15.9. The molecule has 0 saturated heterocycles. The molecule has 1 aliphatic carbocycles. The van der Waals surface area contributed by atoms with E-state index in [1.807, 2.05) is 6.92 Å². The summed E-state index contributed by atoms with van der Waals surface area (Å²) in [7, 11) is -3.82. The average molecular weight is 431 g/mol. The molecule has 1 aliphatic rings. The molecule has 8 heteroatoms. The van der Waals surface area contributed by atoms with Gasteiger partial charge >= 0.3 is 0 Å². The van der Waals surface area contributed by atoms with Crippen LogP contribution >= 0.6 is 0 Å². The fourth-order valence-electron chi connectivity index (χ4n) is 3.77. The Hall–Kier alpha value is -2.61. The summed E-state index contributed by atoms with van der Waals surface area (Å²) in [5.74, 6) is -0.0986.